The van der Waals surface area contributed by atoms with Crippen molar-refractivity contribution < 1.29 is 9.53 Å². The van der Waals surface area contributed by atoms with Crippen LogP contribution in [0.4, 0.5) is 4.79 Å². The van der Waals surface area contributed by atoms with Crippen LogP contribution in [0.1, 0.15) is 109 Å². The van der Waals surface area contributed by atoms with Gasteiger partial charge >= 0.3 is 6.09 Å². The van der Waals surface area contributed by atoms with Gasteiger partial charge in [-0.25, -0.2) is 4.79 Å². The summed E-state index contributed by atoms with van der Waals surface area (Å²) in [5, 5.41) is 2.90. The van der Waals surface area contributed by atoms with Crippen LogP contribution in [-0.2, 0) is 12.8 Å². The molecule has 1 rings (SSSR count). The van der Waals surface area contributed by atoms with Gasteiger partial charge in [-0.15, -0.1) is 0 Å². The van der Waals surface area contributed by atoms with Gasteiger partial charge in [0.1, 0.15) is 5.75 Å². The average Bonchev–Trinajstić information content (AvgIpc) is 2.70. The monoisotopic (exact) mass is 389 g/mol. The van der Waals surface area contributed by atoms with Gasteiger partial charge in [0.25, 0.3) is 0 Å². The first kappa shape index (κ1) is 24.5. The molecule has 0 aliphatic rings. The SMILES string of the molecule is CCCCCCNC(=O)Oc1ccc(CCCCCC)cc1CCCCCC. The summed E-state index contributed by atoms with van der Waals surface area (Å²) in [4.78, 5) is 12.2. The highest BCUT2D eigenvalue weighted by molar-refractivity contribution is 5.70. The van der Waals surface area contributed by atoms with E-state index >= 15 is 0 Å². The van der Waals surface area contributed by atoms with E-state index in [9.17, 15) is 4.79 Å². The molecule has 0 saturated carbocycles. The molecule has 0 fully saturated rings. The molecule has 0 aromatic heterocycles. The van der Waals surface area contributed by atoms with E-state index in [1.807, 2.05) is 6.07 Å². The van der Waals surface area contributed by atoms with E-state index in [4.69, 9.17) is 4.74 Å². The zero-order valence-electron chi connectivity index (χ0n) is 18.7. The summed E-state index contributed by atoms with van der Waals surface area (Å²) >= 11 is 0. The van der Waals surface area contributed by atoms with Crippen LogP contribution in [0, 0.1) is 0 Å². The standard InChI is InChI=1S/C25H43NO2/c1-4-7-10-13-16-22-18-19-24(23(21-22)17-14-11-8-5-2)28-25(27)26-20-15-12-9-6-3/h18-19,21H,4-17,20H2,1-3H3,(H,26,27). The van der Waals surface area contributed by atoms with Crippen molar-refractivity contribution in [3.05, 3.63) is 29.3 Å². The second kappa shape index (κ2) is 16.4. The lowest BCUT2D eigenvalue weighted by Crippen LogP contribution is -2.28. The van der Waals surface area contributed by atoms with Gasteiger partial charge in [0.15, 0.2) is 0 Å². The van der Waals surface area contributed by atoms with Crippen molar-refractivity contribution in [2.45, 2.75) is 111 Å². The van der Waals surface area contributed by atoms with Crippen LogP contribution in [-0.4, -0.2) is 12.6 Å². The Hall–Kier alpha value is -1.51. The minimum Gasteiger partial charge on any atom is -0.410 e. The minimum absolute atomic E-state index is 0.318. The van der Waals surface area contributed by atoms with Crippen LogP contribution < -0.4 is 10.1 Å². The normalized spacial score (nSPS) is 10.8. The summed E-state index contributed by atoms with van der Waals surface area (Å²) in [5.74, 6) is 0.736. The number of aryl methyl sites for hydroxylation is 2. The van der Waals surface area contributed by atoms with Crippen molar-refractivity contribution in [1.29, 1.82) is 0 Å². The van der Waals surface area contributed by atoms with Crippen molar-refractivity contribution in [1.82, 2.24) is 5.32 Å². The summed E-state index contributed by atoms with van der Waals surface area (Å²) in [6.45, 7) is 7.36. The third kappa shape index (κ3) is 11.4. The minimum atomic E-state index is -0.318. The largest absolute Gasteiger partial charge is 0.412 e. The molecule has 1 aromatic rings. The van der Waals surface area contributed by atoms with E-state index in [0.717, 1.165) is 37.9 Å². The smallest absolute Gasteiger partial charge is 0.410 e. The van der Waals surface area contributed by atoms with Gasteiger partial charge in [-0.3, -0.25) is 0 Å². The summed E-state index contributed by atoms with van der Waals surface area (Å²) in [6.07, 6.45) is 16.4. The topological polar surface area (TPSA) is 38.3 Å². The molecule has 0 aliphatic heterocycles. The molecule has 0 unspecified atom stereocenters. The molecular formula is C25H43NO2. The lowest BCUT2D eigenvalue weighted by Gasteiger charge is -2.13. The van der Waals surface area contributed by atoms with E-state index in [1.54, 1.807) is 0 Å². The Balaban J connectivity index is 2.60. The number of hydrogen-bond acceptors (Lipinski definition) is 2. The van der Waals surface area contributed by atoms with Crippen molar-refractivity contribution >= 4 is 6.09 Å². The molecule has 160 valence electrons. The van der Waals surface area contributed by atoms with E-state index < -0.39 is 0 Å². The zero-order valence-corrected chi connectivity index (χ0v) is 18.7. The van der Waals surface area contributed by atoms with Gasteiger partial charge in [-0.2, -0.15) is 0 Å². The number of nitrogens with one attached hydrogen (secondary N) is 1. The first-order valence-electron chi connectivity index (χ1n) is 11.8. The number of benzene rings is 1. The number of carbonyl (C=O) groups excluding carboxylic acids is 1. The Morgan fingerprint density at radius 2 is 1.39 bits per heavy atom. The van der Waals surface area contributed by atoms with E-state index in [0.29, 0.717) is 6.54 Å². The fourth-order valence-electron chi connectivity index (χ4n) is 3.46. The molecule has 3 nitrogen and oxygen atoms in total. The molecule has 3 heteroatoms. The van der Waals surface area contributed by atoms with Crippen LogP contribution in [0.15, 0.2) is 18.2 Å². The van der Waals surface area contributed by atoms with Gasteiger partial charge in [-0.05, 0) is 49.3 Å². The van der Waals surface area contributed by atoms with Crippen LogP contribution in [0.2, 0.25) is 0 Å². The first-order chi connectivity index (χ1) is 13.7. The quantitative estimate of drug-likeness (QED) is 0.296. The Morgan fingerprint density at radius 1 is 0.786 bits per heavy atom. The number of rotatable bonds is 16. The predicted octanol–water partition coefficient (Wildman–Crippen LogP) is 7.60. The molecule has 0 bridgehead atoms. The summed E-state index contributed by atoms with van der Waals surface area (Å²) in [5.41, 5.74) is 2.55. The highest BCUT2D eigenvalue weighted by Gasteiger charge is 2.10. The highest BCUT2D eigenvalue weighted by atomic mass is 16.6. The van der Waals surface area contributed by atoms with Crippen molar-refractivity contribution in [2.75, 3.05) is 6.54 Å². The summed E-state index contributed by atoms with van der Waals surface area (Å²) < 4.78 is 5.66. The van der Waals surface area contributed by atoms with E-state index in [-0.39, 0.29) is 6.09 Å². The van der Waals surface area contributed by atoms with Gasteiger partial charge in [-0.1, -0.05) is 90.7 Å². The second-order valence-electron chi connectivity index (χ2n) is 7.94. The second-order valence-corrected chi connectivity index (χ2v) is 7.94. The first-order valence-corrected chi connectivity index (χ1v) is 11.8. The van der Waals surface area contributed by atoms with Gasteiger partial charge in [0.05, 0.1) is 0 Å². The maximum atomic E-state index is 12.2. The van der Waals surface area contributed by atoms with E-state index in [1.165, 1.54) is 68.9 Å². The molecule has 1 N–H and O–H groups in total. The van der Waals surface area contributed by atoms with E-state index in [2.05, 4.69) is 38.2 Å². The maximum Gasteiger partial charge on any atom is 0.412 e. The van der Waals surface area contributed by atoms with Gasteiger partial charge in [0, 0.05) is 6.54 Å². The predicted molar refractivity (Wildman–Crippen MR) is 120 cm³/mol. The third-order valence-corrected chi connectivity index (χ3v) is 5.25. The van der Waals surface area contributed by atoms with Crippen molar-refractivity contribution in [3.8, 4) is 5.75 Å². The molecule has 1 amide bonds. The summed E-state index contributed by atoms with van der Waals surface area (Å²) in [6, 6.07) is 6.40. The molecule has 28 heavy (non-hydrogen) atoms. The van der Waals surface area contributed by atoms with Crippen molar-refractivity contribution in [3.63, 3.8) is 0 Å². The number of carbonyl (C=O) groups is 1. The van der Waals surface area contributed by atoms with Crippen LogP contribution in [0.3, 0.4) is 0 Å². The third-order valence-electron chi connectivity index (χ3n) is 5.25. The molecule has 0 spiro atoms. The lowest BCUT2D eigenvalue weighted by atomic mass is 9.99. The van der Waals surface area contributed by atoms with Crippen molar-refractivity contribution in [2.24, 2.45) is 0 Å². The highest BCUT2D eigenvalue weighted by Crippen LogP contribution is 2.24. The molecule has 1 aromatic carbocycles. The Morgan fingerprint density at radius 3 is 2.04 bits per heavy atom. The molecule has 0 radical (unpaired) electrons. The summed E-state index contributed by atoms with van der Waals surface area (Å²) in [7, 11) is 0. The Kier molecular flexibility index (Phi) is 14.4. The number of hydrogen-bond donors (Lipinski definition) is 1. The molecular weight excluding hydrogens is 346 g/mol. The zero-order chi connectivity index (χ0) is 20.5. The van der Waals surface area contributed by atoms with Gasteiger partial charge < -0.3 is 10.1 Å². The Labute approximate surface area is 173 Å². The van der Waals surface area contributed by atoms with Crippen LogP contribution >= 0.6 is 0 Å². The lowest BCUT2D eigenvalue weighted by molar-refractivity contribution is 0.199. The average molecular weight is 390 g/mol. The van der Waals surface area contributed by atoms with Crippen LogP contribution in [0.25, 0.3) is 0 Å². The molecule has 0 atom stereocenters. The molecule has 0 aliphatic carbocycles. The van der Waals surface area contributed by atoms with Gasteiger partial charge in [0.2, 0.25) is 0 Å². The number of unbranched alkanes of at least 4 members (excludes halogenated alkanes) is 9. The van der Waals surface area contributed by atoms with Crippen LogP contribution in [0.5, 0.6) is 5.75 Å². The number of ether oxygens (including phenoxy) is 1. The fraction of sp³-hybridized carbons (Fsp3) is 0.720. The Bertz CT molecular complexity index is 527. The maximum absolute atomic E-state index is 12.2. The fourth-order valence-corrected chi connectivity index (χ4v) is 3.46. The molecule has 0 saturated heterocycles. The number of amides is 1. The molecule has 0 heterocycles.